The molecule has 82 valence electrons. The standard InChI is InChI=1S/C11H16N2O2/c1-9-5-4-6-11(12-7-14,13-8-15)10(9,2)3/h9H,4-6H2,1-3H3. The highest BCUT2D eigenvalue weighted by atomic mass is 16.1. The summed E-state index contributed by atoms with van der Waals surface area (Å²) in [5.74, 6) is 0.362. The number of carbonyl (C=O) groups excluding carboxylic acids is 2. The molecule has 1 rings (SSSR count). The quantitative estimate of drug-likeness (QED) is 0.516. The first-order valence-electron chi connectivity index (χ1n) is 5.18. The molecule has 0 aliphatic heterocycles. The van der Waals surface area contributed by atoms with Crippen molar-refractivity contribution in [1.29, 1.82) is 0 Å². The van der Waals surface area contributed by atoms with Gasteiger partial charge < -0.3 is 0 Å². The van der Waals surface area contributed by atoms with Crippen molar-refractivity contribution in [2.75, 3.05) is 0 Å². The molecule has 0 amide bonds. The lowest BCUT2D eigenvalue weighted by molar-refractivity contribution is 0.0492. The summed E-state index contributed by atoms with van der Waals surface area (Å²) in [5.41, 5.74) is -1.26. The fourth-order valence-corrected chi connectivity index (χ4v) is 2.31. The lowest BCUT2D eigenvalue weighted by Crippen LogP contribution is -2.48. The molecule has 0 aromatic rings. The second kappa shape index (κ2) is 4.09. The van der Waals surface area contributed by atoms with Gasteiger partial charge >= 0.3 is 0 Å². The van der Waals surface area contributed by atoms with Gasteiger partial charge in [0.2, 0.25) is 12.2 Å². The van der Waals surface area contributed by atoms with Gasteiger partial charge in [-0.3, -0.25) is 0 Å². The smallest absolute Gasteiger partial charge is 0.211 e. The van der Waals surface area contributed by atoms with Crippen LogP contribution in [0.2, 0.25) is 0 Å². The summed E-state index contributed by atoms with van der Waals surface area (Å²) in [6.07, 6.45) is 5.69. The zero-order valence-electron chi connectivity index (χ0n) is 9.41. The van der Waals surface area contributed by atoms with Gasteiger partial charge in [0.05, 0.1) is 0 Å². The maximum atomic E-state index is 10.5. The Hall–Kier alpha value is -1.24. The van der Waals surface area contributed by atoms with E-state index in [1.807, 2.05) is 13.8 Å². The number of rotatable bonds is 2. The third kappa shape index (κ3) is 1.79. The van der Waals surface area contributed by atoms with E-state index in [0.717, 1.165) is 12.8 Å². The van der Waals surface area contributed by atoms with Gasteiger partial charge in [0.25, 0.3) is 0 Å². The summed E-state index contributed by atoms with van der Waals surface area (Å²) in [5, 5.41) is 0. The van der Waals surface area contributed by atoms with E-state index < -0.39 is 5.66 Å². The van der Waals surface area contributed by atoms with Crippen molar-refractivity contribution < 1.29 is 9.59 Å². The molecule has 0 saturated heterocycles. The summed E-state index contributed by atoms with van der Waals surface area (Å²) >= 11 is 0. The topological polar surface area (TPSA) is 58.9 Å². The molecule has 1 aliphatic rings. The van der Waals surface area contributed by atoms with Gasteiger partial charge in [0, 0.05) is 5.41 Å². The second-order valence-corrected chi connectivity index (χ2v) is 4.74. The third-order valence-corrected chi connectivity index (χ3v) is 3.89. The van der Waals surface area contributed by atoms with Crippen molar-refractivity contribution in [2.45, 2.75) is 45.7 Å². The van der Waals surface area contributed by atoms with Crippen LogP contribution in [0.1, 0.15) is 40.0 Å². The lowest BCUT2D eigenvalue weighted by Gasteiger charge is -2.46. The number of isocyanates is 2. The van der Waals surface area contributed by atoms with Crippen molar-refractivity contribution in [1.82, 2.24) is 0 Å². The average molecular weight is 208 g/mol. The van der Waals surface area contributed by atoms with Crippen LogP contribution in [0.4, 0.5) is 0 Å². The zero-order valence-corrected chi connectivity index (χ0v) is 9.41. The fourth-order valence-electron chi connectivity index (χ4n) is 2.31. The summed E-state index contributed by atoms with van der Waals surface area (Å²) in [4.78, 5) is 28.5. The molecule has 4 heteroatoms. The lowest BCUT2D eigenvalue weighted by atomic mass is 9.63. The SMILES string of the molecule is CC1CCCC(N=C=O)(N=C=O)C1(C)C. The molecule has 1 saturated carbocycles. The largest absolute Gasteiger partial charge is 0.237 e. The maximum absolute atomic E-state index is 10.5. The Morgan fingerprint density at radius 3 is 2.20 bits per heavy atom. The molecule has 0 aromatic carbocycles. The Bertz CT molecular complexity index is 318. The number of hydrogen-bond acceptors (Lipinski definition) is 4. The van der Waals surface area contributed by atoms with E-state index in [1.54, 1.807) is 12.2 Å². The van der Waals surface area contributed by atoms with Crippen molar-refractivity contribution in [2.24, 2.45) is 21.3 Å². The van der Waals surface area contributed by atoms with Gasteiger partial charge in [-0.15, -0.1) is 0 Å². The van der Waals surface area contributed by atoms with Crippen LogP contribution in [0.15, 0.2) is 9.98 Å². The molecule has 15 heavy (non-hydrogen) atoms. The van der Waals surface area contributed by atoms with Crippen molar-refractivity contribution in [3.63, 3.8) is 0 Å². The minimum absolute atomic E-state index is 0.305. The predicted octanol–water partition coefficient (Wildman–Crippen LogP) is 2.20. The molecular formula is C11H16N2O2. The summed E-state index contributed by atoms with van der Waals surface area (Å²) in [7, 11) is 0. The van der Waals surface area contributed by atoms with Crippen LogP contribution in [0.25, 0.3) is 0 Å². The van der Waals surface area contributed by atoms with E-state index >= 15 is 0 Å². The van der Waals surface area contributed by atoms with Crippen LogP contribution in [0, 0.1) is 11.3 Å². The third-order valence-electron chi connectivity index (χ3n) is 3.89. The van der Waals surface area contributed by atoms with Crippen LogP contribution in [0.5, 0.6) is 0 Å². The van der Waals surface area contributed by atoms with Gasteiger partial charge in [-0.1, -0.05) is 20.8 Å². The van der Waals surface area contributed by atoms with E-state index in [9.17, 15) is 9.59 Å². The van der Waals surface area contributed by atoms with Crippen LogP contribution in [-0.2, 0) is 9.59 Å². The fraction of sp³-hybridized carbons (Fsp3) is 0.818. The van der Waals surface area contributed by atoms with Crippen molar-refractivity contribution in [3.05, 3.63) is 0 Å². The maximum Gasteiger partial charge on any atom is 0.237 e. The molecule has 0 bridgehead atoms. The highest BCUT2D eigenvalue weighted by molar-refractivity contribution is 5.40. The highest BCUT2D eigenvalue weighted by Gasteiger charge is 2.51. The van der Waals surface area contributed by atoms with Gasteiger partial charge in [0.1, 0.15) is 0 Å². The van der Waals surface area contributed by atoms with E-state index in [4.69, 9.17) is 0 Å². The van der Waals surface area contributed by atoms with Crippen molar-refractivity contribution >= 4 is 12.2 Å². The highest BCUT2D eigenvalue weighted by Crippen LogP contribution is 2.50. The predicted molar refractivity (Wildman–Crippen MR) is 55.8 cm³/mol. The Morgan fingerprint density at radius 2 is 1.73 bits per heavy atom. The molecule has 1 unspecified atom stereocenters. The summed E-state index contributed by atoms with van der Waals surface area (Å²) < 4.78 is 0. The minimum Gasteiger partial charge on any atom is -0.211 e. The first-order valence-corrected chi connectivity index (χ1v) is 5.18. The first-order chi connectivity index (χ1) is 7.00. The van der Waals surface area contributed by atoms with E-state index in [2.05, 4.69) is 16.9 Å². The van der Waals surface area contributed by atoms with E-state index in [1.165, 1.54) is 0 Å². The number of hydrogen-bond donors (Lipinski definition) is 0. The molecule has 0 N–H and O–H groups in total. The van der Waals surface area contributed by atoms with Gasteiger partial charge in [-0.25, -0.2) is 9.59 Å². The Kier molecular flexibility index (Phi) is 3.23. The molecule has 0 heterocycles. The molecule has 0 spiro atoms. The average Bonchev–Trinajstić information content (AvgIpc) is 2.15. The van der Waals surface area contributed by atoms with Crippen LogP contribution in [0.3, 0.4) is 0 Å². The Balaban J connectivity index is 3.25. The first kappa shape index (κ1) is 11.8. The van der Waals surface area contributed by atoms with E-state index in [-0.39, 0.29) is 5.41 Å². The second-order valence-electron chi connectivity index (χ2n) is 4.74. The summed E-state index contributed by atoms with van der Waals surface area (Å²) in [6, 6.07) is 0. The molecule has 1 fully saturated rings. The normalized spacial score (nSPS) is 33.7. The molecule has 1 atom stereocenters. The van der Waals surface area contributed by atoms with Crippen LogP contribution in [-0.4, -0.2) is 17.8 Å². The number of aliphatic imine (C=N–C) groups is 2. The van der Waals surface area contributed by atoms with Crippen LogP contribution >= 0.6 is 0 Å². The monoisotopic (exact) mass is 208 g/mol. The van der Waals surface area contributed by atoms with Gasteiger partial charge in [0.15, 0.2) is 5.66 Å². The Labute approximate surface area is 89.5 Å². The van der Waals surface area contributed by atoms with Gasteiger partial charge in [-0.05, 0) is 25.2 Å². The summed E-state index contributed by atoms with van der Waals surface area (Å²) in [6.45, 7) is 6.06. The number of nitrogens with zero attached hydrogens (tertiary/aromatic N) is 2. The Morgan fingerprint density at radius 1 is 1.20 bits per heavy atom. The molecular weight excluding hydrogens is 192 g/mol. The van der Waals surface area contributed by atoms with Crippen LogP contribution < -0.4 is 0 Å². The molecule has 4 nitrogen and oxygen atoms in total. The molecule has 0 radical (unpaired) electrons. The van der Waals surface area contributed by atoms with Crippen molar-refractivity contribution in [3.8, 4) is 0 Å². The van der Waals surface area contributed by atoms with Gasteiger partial charge in [-0.2, -0.15) is 9.98 Å². The molecule has 1 aliphatic carbocycles. The molecule has 0 aromatic heterocycles. The minimum atomic E-state index is -0.950. The zero-order chi connectivity index (χ0) is 11.5. The van der Waals surface area contributed by atoms with E-state index in [0.29, 0.717) is 12.3 Å².